The molecule has 0 spiro atoms. The van der Waals surface area contributed by atoms with Crippen molar-refractivity contribution in [3.8, 4) is 0 Å². The summed E-state index contributed by atoms with van der Waals surface area (Å²) in [6, 6.07) is 8.02. The van der Waals surface area contributed by atoms with Crippen LogP contribution in [0.15, 0.2) is 29.4 Å². The van der Waals surface area contributed by atoms with E-state index < -0.39 is 0 Å². The molecule has 0 aliphatic heterocycles. The molecule has 18 heavy (non-hydrogen) atoms. The summed E-state index contributed by atoms with van der Waals surface area (Å²) in [6.45, 7) is 4.74. The van der Waals surface area contributed by atoms with E-state index in [9.17, 15) is 0 Å². The molecule has 0 heterocycles. The summed E-state index contributed by atoms with van der Waals surface area (Å²) in [5.41, 5.74) is 6.73. The normalized spacial score (nSPS) is 15.7. The fourth-order valence-electron chi connectivity index (χ4n) is 1.80. The van der Waals surface area contributed by atoms with Crippen molar-refractivity contribution in [1.82, 2.24) is 4.90 Å². The number of hydrogen-bond donors (Lipinski definition) is 2. The standard InChI is InChI=1S/C13H20ClN3O/c1-9(13(15)16-18)8-17(3)10(2)11-5-4-6-12(14)7-11/h4-7,9-10,18H,8H2,1-3H3,(H2,15,16). The van der Waals surface area contributed by atoms with E-state index in [1.807, 2.05) is 38.2 Å². The van der Waals surface area contributed by atoms with Gasteiger partial charge in [-0.3, -0.25) is 4.90 Å². The van der Waals surface area contributed by atoms with Crippen LogP contribution in [0.25, 0.3) is 0 Å². The van der Waals surface area contributed by atoms with E-state index in [0.29, 0.717) is 6.54 Å². The second-order valence-corrected chi connectivity index (χ2v) is 5.03. The quantitative estimate of drug-likeness (QED) is 0.374. The Bertz CT molecular complexity index is 422. The molecule has 0 aliphatic rings. The Labute approximate surface area is 113 Å². The van der Waals surface area contributed by atoms with Gasteiger partial charge < -0.3 is 10.9 Å². The topological polar surface area (TPSA) is 61.8 Å². The molecule has 0 aliphatic carbocycles. The van der Waals surface area contributed by atoms with Gasteiger partial charge in [0.05, 0.1) is 0 Å². The molecule has 3 N–H and O–H groups in total. The molecule has 1 aromatic carbocycles. The highest BCUT2D eigenvalue weighted by Crippen LogP contribution is 2.22. The SMILES string of the molecule is CC(CN(C)C(C)c1cccc(Cl)c1)C(N)=NO. The van der Waals surface area contributed by atoms with Crippen molar-refractivity contribution in [2.45, 2.75) is 19.9 Å². The Balaban J connectivity index is 2.70. The highest BCUT2D eigenvalue weighted by molar-refractivity contribution is 6.30. The molecule has 2 unspecified atom stereocenters. The Morgan fingerprint density at radius 2 is 2.17 bits per heavy atom. The van der Waals surface area contributed by atoms with Gasteiger partial charge in [0.15, 0.2) is 0 Å². The predicted octanol–water partition coefficient (Wildman–Crippen LogP) is 2.72. The monoisotopic (exact) mass is 269 g/mol. The Hall–Kier alpha value is -1.26. The zero-order chi connectivity index (χ0) is 13.7. The summed E-state index contributed by atoms with van der Waals surface area (Å²) in [5.74, 6) is 0.252. The van der Waals surface area contributed by atoms with Crippen LogP contribution in [0.4, 0.5) is 0 Å². The van der Waals surface area contributed by atoms with Crippen LogP contribution < -0.4 is 5.73 Å². The summed E-state index contributed by atoms with van der Waals surface area (Å²) >= 11 is 5.98. The van der Waals surface area contributed by atoms with E-state index in [1.54, 1.807) is 0 Å². The van der Waals surface area contributed by atoms with Gasteiger partial charge >= 0.3 is 0 Å². The van der Waals surface area contributed by atoms with Gasteiger partial charge in [-0.25, -0.2) is 0 Å². The third-order valence-electron chi connectivity index (χ3n) is 3.17. The molecular formula is C13H20ClN3O. The molecule has 1 rings (SSSR count). The van der Waals surface area contributed by atoms with Crippen molar-refractivity contribution in [2.75, 3.05) is 13.6 Å². The van der Waals surface area contributed by atoms with E-state index in [4.69, 9.17) is 22.5 Å². The van der Waals surface area contributed by atoms with Gasteiger partial charge in [-0.15, -0.1) is 0 Å². The maximum absolute atomic E-state index is 8.64. The van der Waals surface area contributed by atoms with E-state index in [1.165, 1.54) is 0 Å². The molecule has 1 aromatic rings. The van der Waals surface area contributed by atoms with E-state index >= 15 is 0 Å². The minimum Gasteiger partial charge on any atom is -0.409 e. The first-order valence-corrected chi connectivity index (χ1v) is 6.26. The van der Waals surface area contributed by atoms with Crippen LogP contribution in [0.3, 0.4) is 0 Å². The fourth-order valence-corrected chi connectivity index (χ4v) is 2.00. The van der Waals surface area contributed by atoms with Crippen molar-refractivity contribution in [3.63, 3.8) is 0 Å². The molecule has 100 valence electrons. The van der Waals surface area contributed by atoms with Gasteiger partial charge in [-0.1, -0.05) is 35.8 Å². The summed E-state index contributed by atoms with van der Waals surface area (Å²) < 4.78 is 0. The number of nitrogens with zero attached hydrogens (tertiary/aromatic N) is 2. The lowest BCUT2D eigenvalue weighted by molar-refractivity contribution is 0.242. The van der Waals surface area contributed by atoms with Crippen LogP contribution >= 0.6 is 11.6 Å². The fraction of sp³-hybridized carbons (Fsp3) is 0.462. The molecule has 0 bridgehead atoms. The maximum Gasteiger partial charge on any atom is 0.143 e. The minimum absolute atomic E-state index is 0.00151. The first kappa shape index (κ1) is 14.8. The summed E-state index contributed by atoms with van der Waals surface area (Å²) in [6.07, 6.45) is 0. The van der Waals surface area contributed by atoms with E-state index in [2.05, 4.69) is 17.0 Å². The van der Waals surface area contributed by atoms with Gasteiger partial charge in [-0.2, -0.15) is 0 Å². The van der Waals surface area contributed by atoms with Crippen molar-refractivity contribution in [3.05, 3.63) is 34.9 Å². The smallest absolute Gasteiger partial charge is 0.143 e. The zero-order valence-corrected chi connectivity index (χ0v) is 11.7. The first-order chi connectivity index (χ1) is 8.45. The lowest BCUT2D eigenvalue weighted by Crippen LogP contribution is -2.34. The van der Waals surface area contributed by atoms with Crippen LogP contribution in [0.2, 0.25) is 5.02 Å². The van der Waals surface area contributed by atoms with Gasteiger partial charge in [-0.05, 0) is 31.7 Å². The lowest BCUT2D eigenvalue weighted by atomic mass is 10.1. The Morgan fingerprint density at radius 3 is 2.72 bits per heavy atom. The summed E-state index contributed by atoms with van der Waals surface area (Å²) in [5, 5.41) is 12.4. The Morgan fingerprint density at radius 1 is 1.50 bits per heavy atom. The third-order valence-corrected chi connectivity index (χ3v) is 3.41. The van der Waals surface area contributed by atoms with Gasteiger partial charge in [0, 0.05) is 23.5 Å². The average molecular weight is 270 g/mol. The minimum atomic E-state index is 0.00151. The number of oxime groups is 1. The maximum atomic E-state index is 8.64. The van der Waals surface area contributed by atoms with Crippen molar-refractivity contribution < 1.29 is 5.21 Å². The van der Waals surface area contributed by atoms with Crippen LogP contribution in [-0.2, 0) is 0 Å². The summed E-state index contributed by atoms with van der Waals surface area (Å²) in [7, 11) is 2.01. The highest BCUT2D eigenvalue weighted by Gasteiger charge is 2.16. The summed E-state index contributed by atoms with van der Waals surface area (Å²) in [4.78, 5) is 2.15. The third kappa shape index (κ3) is 3.89. The molecule has 4 nitrogen and oxygen atoms in total. The first-order valence-electron chi connectivity index (χ1n) is 5.88. The lowest BCUT2D eigenvalue weighted by Gasteiger charge is -2.27. The molecule has 0 amide bonds. The number of halogens is 1. The van der Waals surface area contributed by atoms with Crippen LogP contribution in [0, 0.1) is 5.92 Å². The Kier molecular flexibility index (Phi) is 5.44. The zero-order valence-electron chi connectivity index (χ0n) is 11.0. The van der Waals surface area contributed by atoms with Crippen LogP contribution in [-0.4, -0.2) is 29.5 Å². The second kappa shape index (κ2) is 6.61. The van der Waals surface area contributed by atoms with Crippen molar-refractivity contribution in [2.24, 2.45) is 16.8 Å². The van der Waals surface area contributed by atoms with Gasteiger partial charge in [0.25, 0.3) is 0 Å². The van der Waals surface area contributed by atoms with E-state index in [-0.39, 0.29) is 17.8 Å². The van der Waals surface area contributed by atoms with Gasteiger partial charge in [0.2, 0.25) is 0 Å². The molecule has 0 radical (unpaired) electrons. The molecule has 2 atom stereocenters. The molecule has 5 heteroatoms. The number of nitrogens with two attached hydrogens (primary N) is 1. The number of amidine groups is 1. The molecule has 0 saturated heterocycles. The van der Waals surface area contributed by atoms with Crippen molar-refractivity contribution >= 4 is 17.4 Å². The van der Waals surface area contributed by atoms with Crippen molar-refractivity contribution in [1.29, 1.82) is 0 Å². The van der Waals surface area contributed by atoms with Gasteiger partial charge in [0.1, 0.15) is 5.84 Å². The largest absolute Gasteiger partial charge is 0.409 e. The molecule has 0 aromatic heterocycles. The molecule has 0 saturated carbocycles. The average Bonchev–Trinajstić information content (AvgIpc) is 2.36. The molecular weight excluding hydrogens is 250 g/mol. The number of benzene rings is 1. The number of rotatable bonds is 5. The second-order valence-electron chi connectivity index (χ2n) is 4.60. The highest BCUT2D eigenvalue weighted by atomic mass is 35.5. The van der Waals surface area contributed by atoms with Crippen LogP contribution in [0.5, 0.6) is 0 Å². The molecule has 0 fully saturated rings. The predicted molar refractivity (Wildman–Crippen MR) is 75.1 cm³/mol. The number of hydrogen-bond acceptors (Lipinski definition) is 3. The van der Waals surface area contributed by atoms with E-state index in [0.717, 1.165) is 10.6 Å². The van der Waals surface area contributed by atoms with Crippen LogP contribution in [0.1, 0.15) is 25.5 Å².